The fourth-order valence-electron chi connectivity index (χ4n) is 1.27. The smallest absolute Gasteiger partial charge is 0.272 e. The average molecular weight is 255 g/mol. The molecule has 0 spiro atoms. The molecule has 0 radical (unpaired) electrons. The molecule has 2 rings (SSSR count). The molecule has 2 fully saturated rings. The zero-order chi connectivity index (χ0) is 11.1. The van der Waals surface area contributed by atoms with Crippen LogP contribution in [-0.2, 0) is 23.8 Å². The summed E-state index contributed by atoms with van der Waals surface area (Å²) in [6.07, 6.45) is 0.192. The van der Waals surface area contributed by atoms with Crippen LogP contribution in [0.3, 0.4) is 0 Å². The van der Waals surface area contributed by atoms with Crippen molar-refractivity contribution in [2.24, 2.45) is 0 Å². The largest absolute Gasteiger partial charge is 0.404 e. The van der Waals surface area contributed by atoms with Gasteiger partial charge in [0.2, 0.25) is 0 Å². The number of hydroxylamine groups is 2. The van der Waals surface area contributed by atoms with E-state index in [1.807, 2.05) is 0 Å². The van der Waals surface area contributed by atoms with Crippen LogP contribution in [0.5, 0.6) is 0 Å². The molecular weight excluding hydrogens is 247 g/mol. The van der Waals surface area contributed by atoms with E-state index < -0.39 is 18.6 Å². The molecule has 0 aromatic heterocycles. The Balaban J connectivity index is 2.22. The molecule has 0 saturated carbocycles. The van der Waals surface area contributed by atoms with Crippen molar-refractivity contribution in [1.29, 1.82) is 0 Å². The van der Waals surface area contributed by atoms with Crippen LogP contribution >= 0.6 is 18.0 Å². The molecule has 7 nitrogen and oxygen atoms in total. The average Bonchev–Trinajstić information content (AvgIpc) is 2.73. The first-order chi connectivity index (χ1) is 7.03. The first-order valence-corrected chi connectivity index (χ1v) is 6.77. The molecule has 2 amide bonds. The van der Waals surface area contributed by atoms with Gasteiger partial charge in [-0.15, -0.1) is 9.67 Å². The van der Waals surface area contributed by atoms with E-state index in [1.165, 1.54) is 0 Å². The summed E-state index contributed by atoms with van der Waals surface area (Å²) in [5.74, 6) is -1.03. The molecule has 0 aliphatic carbocycles. The lowest BCUT2D eigenvalue weighted by atomic mass is 10.5. The Kier molecular flexibility index (Phi) is 2.72. The highest BCUT2D eigenvalue weighted by atomic mass is 35.7. The monoisotopic (exact) mass is 254 g/mol. The quantitative estimate of drug-likeness (QED) is 0.677. The molecule has 0 aromatic carbocycles. The van der Waals surface area contributed by atoms with Crippen LogP contribution in [0.2, 0.25) is 0 Å². The summed E-state index contributed by atoms with van der Waals surface area (Å²) < 4.78 is 12.0. The van der Waals surface area contributed by atoms with E-state index in [1.54, 1.807) is 0 Å². The first-order valence-electron chi connectivity index (χ1n) is 4.26. The summed E-state index contributed by atoms with van der Waals surface area (Å²) in [7, 11) is 0. The molecule has 2 heterocycles. The first kappa shape index (κ1) is 10.9. The summed E-state index contributed by atoms with van der Waals surface area (Å²) in [6, 6.07) is 0. The Morgan fingerprint density at radius 3 is 1.73 bits per heavy atom. The van der Waals surface area contributed by atoms with Crippen molar-refractivity contribution in [3.63, 3.8) is 0 Å². The van der Waals surface area contributed by atoms with E-state index in [4.69, 9.17) is 20.9 Å². The standard InChI is InChI=1S/C6H8ClN2O5P/c7-15(12,8-5(10)1-3-13-8)9-6(11)2-4-14-9/h1-4H2. The summed E-state index contributed by atoms with van der Waals surface area (Å²) in [4.78, 5) is 33.2. The number of carbonyl (C=O) groups is 2. The van der Waals surface area contributed by atoms with E-state index in [9.17, 15) is 14.2 Å². The van der Waals surface area contributed by atoms with Crippen LogP contribution in [0, 0.1) is 0 Å². The van der Waals surface area contributed by atoms with E-state index in [0.717, 1.165) is 0 Å². The third kappa shape index (κ3) is 1.76. The number of halogens is 1. The lowest BCUT2D eigenvalue weighted by Gasteiger charge is -2.25. The van der Waals surface area contributed by atoms with Crippen LogP contribution in [-0.4, -0.2) is 34.7 Å². The minimum absolute atomic E-state index is 0.0960. The minimum atomic E-state index is -3.90. The van der Waals surface area contributed by atoms with Crippen molar-refractivity contribution >= 4 is 29.9 Å². The number of carbonyl (C=O) groups excluding carboxylic acids is 2. The molecule has 84 valence electrons. The van der Waals surface area contributed by atoms with Gasteiger partial charge >= 0.3 is 6.80 Å². The molecular formula is C6H8ClN2O5P. The summed E-state index contributed by atoms with van der Waals surface area (Å²) in [5.41, 5.74) is 0. The predicted molar refractivity (Wildman–Crippen MR) is 48.3 cm³/mol. The number of hydrogen-bond donors (Lipinski definition) is 0. The fourth-order valence-corrected chi connectivity index (χ4v) is 3.38. The highest BCUT2D eigenvalue weighted by Gasteiger charge is 2.48. The SMILES string of the molecule is O=C1CCON1P(=O)(Cl)N1OCCC1=O. The zero-order valence-corrected chi connectivity index (χ0v) is 9.24. The zero-order valence-electron chi connectivity index (χ0n) is 7.59. The molecule has 0 unspecified atom stereocenters. The minimum Gasteiger partial charge on any atom is -0.272 e. The molecule has 0 N–H and O–H groups in total. The fraction of sp³-hybridized carbons (Fsp3) is 0.667. The molecule has 2 aliphatic rings. The molecule has 15 heavy (non-hydrogen) atoms. The topological polar surface area (TPSA) is 76.2 Å². The van der Waals surface area contributed by atoms with Crippen molar-refractivity contribution < 1.29 is 23.8 Å². The molecule has 0 aromatic rings. The summed E-state index contributed by atoms with van der Waals surface area (Å²) in [6.45, 7) is -3.69. The molecule has 9 heteroatoms. The van der Waals surface area contributed by atoms with E-state index >= 15 is 0 Å². The molecule has 2 saturated heterocycles. The molecule has 0 bridgehead atoms. The summed E-state index contributed by atoms with van der Waals surface area (Å²) in [5, 5.41) is 0. The maximum atomic E-state index is 12.0. The summed E-state index contributed by atoms with van der Waals surface area (Å²) >= 11 is 5.65. The Hall–Kier alpha value is -0.620. The van der Waals surface area contributed by atoms with Crippen molar-refractivity contribution in [3.05, 3.63) is 0 Å². The number of rotatable bonds is 2. The number of nitrogens with zero attached hydrogens (tertiary/aromatic N) is 2. The lowest BCUT2D eigenvalue weighted by Crippen LogP contribution is -2.29. The highest BCUT2D eigenvalue weighted by Crippen LogP contribution is 2.60. The van der Waals surface area contributed by atoms with Crippen molar-refractivity contribution in [1.82, 2.24) is 9.67 Å². The van der Waals surface area contributed by atoms with Crippen molar-refractivity contribution in [2.75, 3.05) is 13.2 Å². The lowest BCUT2D eigenvalue weighted by molar-refractivity contribution is -0.150. The van der Waals surface area contributed by atoms with Crippen LogP contribution in [0.4, 0.5) is 0 Å². The Bertz CT molecular complexity index is 331. The van der Waals surface area contributed by atoms with Crippen LogP contribution in [0.15, 0.2) is 0 Å². The molecule has 0 atom stereocenters. The van der Waals surface area contributed by atoms with Gasteiger partial charge in [0.1, 0.15) is 0 Å². The Morgan fingerprint density at radius 2 is 1.47 bits per heavy atom. The second-order valence-electron chi connectivity index (χ2n) is 2.97. The maximum absolute atomic E-state index is 12.0. The number of amides is 2. The Labute approximate surface area is 90.0 Å². The van der Waals surface area contributed by atoms with E-state index in [2.05, 4.69) is 0 Å². The van der Waals surface area contributed by atoms with Gasteiger partial charge in [0, 0.05) is 0 Å². The van der Waals surface area contributed by atoms with Gasteiger partial charge < -0.3 is 0 Å². The number of hydrogen-bond acceptors (Lipinski definition) is 5. The second kappa shape index (κ2) is 3.75. The van der Waals surface area contributed by atoms with Gasteiger partial charge in [-0.3, -0.25) is 23.8 Å². The van der Waals surface area contributed by atoms with Gasteiger partial charge in [-0.2, -0.15) is 0 Å². The van der Waals surface area contributed by atoms with Gasteiger partial charge in [0.15, 0.2) is 0 Å². The highest BCUT2D eigenvalue weighted by molar-refractivity contribution is 7.86. The second-order valence-corrected chi connectivity index (χ2v) is 5.97. The van der Waals surface area contributed by atoms with Gasteiger partial charge in [0.25, 0.3) is 11.8 Å². The van der Waals surface area contributed by atoms with Crippen LogP contribution in [0.1, 0.15) is 12.8 Å². The van der Waals surface area contributed by atoms with Gasteiger partial charge in [-0.05, 0) is 11.2 Å². The third-order valence-corrected chi connectivity index (χ3v) is 4.33. The van der Waals surface area contributed by atoms with Crippen LogP contribution < -0.4 is 0 Å². The van der Waals surface area contributed by atoms with Gasteiger partial charge in [0.05, 0.1) is 26.1 Å². The van der Waals surface area contributed by atoms with Gasteiger partial charge in [-0.25, -0.2) is 0 Å². The van der Waals surface area contributed by atoms with Crippen molar-refractivity contribution in [2.45, 2.75) is 12.8 Å². The Morgan fingerprint density at radius 1 is 1.07 bits per heavy atom. The normalized spacial score (nSPS) is 23.0. The van der Waals surface area contributed by atoms with E-state index in [0.29, 0.717) is 9.67 Å². The van der Waals surface area contributed by atoms with Gasteiger partial charge in [-0.1, -0.05) is 0 Å². The predicted octanol–water partition coefficient (Wildman–Crippen LogP) is 0.661. The van der Waals surface area contributed by atoms with E-state index in [-0.39, 0.29) is 26.1 Å². The maximum Gasteiger partial charge on any atom is 0.404 e. The third-order valence-electron chi connectivity index (χ3n) is 1.93. The molecule has 2 aliphatic heterocycles. The van der Waals surface area contributed by atoms with Crippen LogP contribution in [0.25, 0.3) is 0 Å². The van der Waals surface area contributed by atoms with Crippen molar-refractivity contribution in [3.8, 4) is 0 Å².